The number of hydrogen-bond acceptors (Lipinski definition) is 5. The van der Waals surface area contributed by atoms with E-state index in [1.54, 1.807) is 13.8 Å². The predicted octanol–water partition coefficient (Wildman–Crippen LogP) is 4.89. The number of halogens is 2. The van der Waals surface area contributed by atoms with Gasteiger partial charge in [-0.2, -0.15) is 0 Å². The summed E-state index contributed by atoms with van der Waals surface area (Å²) in [5.41, 5.74) is -0.585. The van der Waals surface area contributed by atoms with Crippen LogP contribution in [0.3, 0.4) is 0 Å². The summed E-state index contributed by atoms with van der Waals surface area (Å²) in [5, 5.41) is 11.1. The van der Waals surface area contributed by atoms with E-state index >= 15 is 0 Å². The summed E-state index contributed by atoms with van der Waals surface area (Å²) < 4.78 is 38.8. The number of carbonyl (C=O) groups is 1. The summed E-state index contributed by atoms with van der Waals surface area (Å²) in [4.78, 5) is 22.1. The molecule has 3 aromatic rings. The van der Waals surface area contributed by atoms with Gasteiger partial charge in [0.1, 0.15) is 17.2 Å². The molecule has 0 atom stereocenters. The second-order valence-corrected chi connectivity index (χ2v) is 5.81. The Kier molecular flexibility index (Phi) is 4.41. The Bertz CT molecular complexity index is 1010. The fraction of sp³-hybridized carbons (Fsp3) is 0.167. The van der Waals surface area contributed by atoms with Gasteiger partial charge in [-0.05, 0) is 38.1 Å². The maximum Gasteiger partial charge on any atom is 0.317 e. The van der Waals surface area contributed by atoms with E-state index in [0.717, 1.165) is 18.2 Å². The van der Waals surface area contributed by atoms with Gasteiger partial charge in [0, 0.05) is 5.56 Å². The molecule has 134 valence electrons. The van der Waals surface area contributed by atoms with Crippen molar-refractivity contribution in [2.45, 2.75) is 20.0 Å². The summed E-state index contributed by atoms with van der Waals surface area (Å²) in [6, 6.07) is 6.04. The molecule has 2 aromatic carbocycles. The molecule has 3 rings (SSSR count). The molecule has 1 aromatic heterocycles. The van der Waals surface area contributed by atoms with Gasteiger partial charge in [-0.3, -0.25) is 14.9 Å². The van der Waals surface area contributed by atoms with E-state index < -0.39 is 34.1 Å². The molecule has 6 nitrogen and oxygen atoms in total. The smallest absolute Gasteiger partial charge is 0.317 e. The molecule has 0 unspecified atom stereocenters. The maximum atomic E-state index is 15.0. The van der Waals surface area contributed by atoms with Gasteiger partial charge >= 0.3 is 5.69 Å². The van der Waals surface area contributed by atoms with Gasteiger partial charge in [0.15, 0.2) is 12.1 Å². The second-order valence-electron chi connectivity index (χ2n) is 5.81. The third-order valence-electron chi connectivity index (χ3n) is 3.67. The van der Waals surface area contributed by atoms with Crippen LogP contribution in [-0.4, -0.2) is 17.3 Å². The summed E-state index contributed by atoms with van der Waals surface area (Å²) in [6.45, 7) is 3.18. The zero-order valence-electron chi connectivity index (χ0n) is 13.8. The molecule has 0 bridgehead atoms. The number of nitrogens with zero attached hydrogens (tertiary/aromatic N) is 1. The topological polar surface area (TPSA) is 82.6 Å². The van der Waals surface area contributed by atoms with Crippen molar-refractivity contribution in [3.8, 4) is 17.1 Å². The van der Waals surface area contributed by atoms with Gasteiger partial charge in [-0.15, -0.1) is 0 Å². The lowest BCUT2D eigenvalue weighted by Gasteiger charge is -2.11. The average Bonchev–Trinajstić information content (AvgIpc) is 2.96. The largest absolute Gasteiger partial charge is 0.482 e. The summed E-state index contributed by atoms with van der Waals surface area (Å²) >= 11 is 0. The maximum absolute atomic E-state index is 15.0. The first-order valence-corrected chi connectivity index (χ1v) is 7.64. The van der Waals surface area contributed by atoms with E-state index in [4.69, 9.17) is 9.15 Å². The Morgan fingerprint density at radius 3 is 2.42 bits per heavy atom. The third-order valence-corrected chi connectivity index (χ3v) is 3.67. The van der Waals surface area contributed by atoms with Crippen LogP contribution in [-0.2, 0) is 0 Å². The van der Waals surface area contributed by atoms with Gasteiger partial charge in [-0.25, -0.2) is 8.78 Å². The van der Waals surface area contributed by atoms with E-state index in [-0.39, 0.29) is 22.3 Å². The van der Waals surface area contributed by atoms with Gasteiger partial charge in [-0.1, -0.05) is 0 Å². The minimum Gasteiger partial charge on any atom is -0.482 e. The molecule has 0 radical (unpaired) electrons. The van der Waals surface area contributed by atoms with E-state index in [1.807, 2.05) is 0 Å². The quantitative estimate of drug-likeness (QED) is 0.367. The van der Waals surface area contributed by atoms with Crippen LogP contribution < -0.4 is 4.74 Å². The molecule has 0 aliphatic carbocycles. The highest BCUT2D eigenvalue weighted by atomic mass is 19.1. The van der Waals surface area contributed by atoms with Crippen LogP contribution in [0.4, 0.5) is 14.5 Å². The molecule has 0 amide bonds. The number of nitro benzene ring substituents is 1. The SMILES string of the molecule is CC(C)Oc1c([N+](=O)[O-])cc2oc(-c3ccc(F)cc3)c(C=O)c2c1F. The van der Waals surface area contributed by atoms with Crippen LogP contribution in [0.15, 0.2) is 34.7 Å². The van der Waals surface area contributed by atoms with Crippen molar-refractivity contribution in [2.75, 3.05) is 0 Å². The van der Waals surface area contributed by atoms with Crippen LogP contribution in [0.25, 0.3) is 22.3 Å². The first kappa shape index (κ1) is 17.5. The van der Waals surface area contributed by atoms with Crippen molar-refractivity contribution in [3.63, 3.8) is 0 Å². The molecule has 0 aliphatic heterocycles. The molecule has 0 spiro atoms. The standard InChI is InChI=1S/C18H13F2NO5/c1-9(2)25-18-13(21(23)24)7-14-15(16(18)20)12(8-22)17(26-14)10-3-5-11(19)6-4-10/h3-9H,1-2H3. The molecular formula is C18H13F2NO5. The molecule has 1 heterocycles. The van der Waals surface area contributed by atoms with Gasteiger partial charge in [0.05, 0.1) is 28.0 Å². The monoisotopic (exact) mass is 361 g/mol. The average molecular weight is 361 g/mol. The van der Waals surface area contributed by atoms with Crippen molar-refractivity contribution in [3.05, 3.63) is 57.6 Å². The Labute approximate surface area is 146 Å². The van der Waals surface area contributed by atoms with Crippen molar-refractivity contribution in [1.29, 1.82) is 0 Å². The zero-order chi connectivity index (χ0) is 19.0. The number of ether oxygens (including phenoxy) is 1. The summed E-state index contributed by atoms with van der Waals surface area (Å²) in [5.74, 6) is -2.12. The summed E-state index contributed by atoms with van der Waals surface area (Å²) in [7, 11) is 0. The van der Waals surface area contributed by atoms with Crippen LogP contribution in [0.5, 0.6) is 5.75 Å². The number of rotatable bonds is 5. The third kappa shape index (κ3) is 2.90. The fourth-order valence-corrected chi connectivity index (χ4v) is 2.62. The highest BCUT2D eigenvalue weighted by molar-refractivity contribution is 6.04. The number of nitro groups is 1. The Morgan fingerprint density at radius 2 is 1.88 bits per heavy atom. The number of aldehydes is 1. The Hall–Kier alpha value is -3.29. The summed E-state index contributed by atoms with van der Waals surface area (Å²) in [6.07, 6.45) is -0.137. The number of benzene rings is 2. The van der Waals surface area contributed by atoms with E-state index in [0.29, 0.717) is 11.8 Å². The number of hydrogen-bond donors (Lipinski definition) is 0. The number of fused-ring (bicyclic) bond motifs is 1. The van der Waals surface area contributed by atoms with Gasteiger partial charge in [0.2, 0.25) is 5.75 Å². The minimum atomic E-state index is -1.05. The Morgan fingerprint density at radius 1 is 1.23 bits per heavy atom. The van der Waals surface area contributed by atoms with Crippen LogP contribution in [0, 0.1) is 21.7 Å². The van der Waals surface area contributed by atoms with E-state index in [9.17, 15) is 23.7 Å². The molecule has 0 N–H and O–H groups in total. The Balaban J connectivity index is 2.34. The molecule has 0 saturated heterocycles. The highest BCUT2D eigenvalue weighted by Gasteiger charge is 2.29. The van der Waals surface area contributed by atoms with Crippen molar-refractivity contribution in [2.24, 2.45) is 0 Å². The van der Waals surface area contributed by atoms with Crippen molar-refractivity contribution in [1.82, 2.24) is 0 Å². The number of carbonyl (C=O) groups excluding carboxylic acids is 1. The first-order valence-electron chi connectivity index (χ1n) is 7.64. The van der Waals surface area contributed by atoms with Crippen molar-refractivity contribution < 1.29 is 27.7 Å². The van der Waals surface area contributed by atoms with Gasteiger partial charge < -0.3 is 9.15 Å². The lowest BCUT2D eigenvalue weighted by Crippen LogP contribution is -2.09. The van der Waals surface area contributed by atoms with Crippen molar-refractivity contribution >= 4 is 22.9 Å². The minimum absolute atomic E-state index is 0.00936. The first-order chi connectivity index (χ1) is 12.3. The van der Waals surface area contributed by atoms with Crippen LogP contribution in [0.1, 0.15) is 24.2 Å². The second kappa shape index (κ2) is 6.55. The molecule has 8 heteroatoms. The molecule has 0 aliphatic rings. The lowest BCUT2D eigenvalue weighted by atomic mass is 10.1. The van der Waals surface area contributed by atoms with Crippen LogP contribution in [0.2, 0.25) is 0 Å². The molecule has 26 heavy (non-hydrogen) atoms. The predicted molar refractivity (Wildman–Crippen MR) is 89.4 cm³/mol. The fourth-order valence-electron chi connectivity index (χ4n) is 2.62. The highest BCUT2D eigenvalue weighted by Crippen LogP contribution is 2.42. The molecular weight excluding hydrogens is 348 g/mol. The number of furan rings is 1. The lowest BCUT2D eigenvalue weighted by molar-refractivity contribution is -0.386. The molecule has 0 fully saturated rings. The van der Waals surface area contributed by atoms with E-state index in [2.05, 4.69) is 0 Å². The molecule has 0 saturated carbocycles. The van der Waals surface area contributed by atoms with E-state index in [1.165, 1.54) is 12.1 Å². The van der Waals surface area contributed by atoms with Gasteiger partial charge in [0.25, 0.3) is 0 Å². The normalized spacial score (nSPS) is 11.1. The zero-order valence-corrected chi connectivity index (χ0v) is 13.8. The van der Waals surface area contributed by atoms with Crippen LogP contribution >= 0.6 is 0 Å².